The van der Waals surface area contributed by atoms with Crippen LogP contribution in [0.25, 0.3) is 0 Å². The molecule has 1 unspecified atom stereocenters. The van der Waals surface area contributed by atoms with E-state index in [1.807, 2.05) is 6.92 Å². The van der Waals surface area contributed by atoms with Crippen molar-refractivity contribution in [3.05, 3.63) is 11.8 Å². The van der Waals surface area contributed by atoms with Crippen LogP contribution in [0.5, 0.6) is 0 Å². The van der Waals surface area contributed by atoms with Gasteiger partial charge in [0.15, 0.2) is 5.82 Å². The van der Waals surface area contributed by atoms with Gasteiger partial charge in [0.2, 0.25) is 11.8 Å². The summed E-state index contributed by atoms with van der Waals surface area (Å²) >= 11 is 1.49. The van der Waals surface area contributed by atoms with Gasteiger partial charge in [-0.05, 0) is 12.7 Å². The van der Waals surface area contributed by atoms with Crippen LogP contribution < -0.4 is 4.90 Å². The Morgan fingerprint density at radius 1 is 1.62 bits per heavy atom. The predicted molar refractivity (Wildman–Crippen MR) is 60.3 cm³/mol. The van der Waals surface area contributed by atoms with E-state index >= 15 is 0 Å². The van der Waals surface area contributed by atoms with Crippen LogP contribution in [-0.4, -0.2) is 28.0 Å². The Morgan fingerprint density at radius 3 is 2.94 bits per heavy atom. The number of anilines is 1. The zero-order chi connectivity index (χ0) is 11.7. The topological polar surface area (TPSA) is 63.4 Å². The molecule has 1 aliphatic rings. The number of thioether (sulfide) groups is 1. The zero-order valence-electron chi connectivity index (χ0n) is 9.10. The average molecular weight is 240 g/mol. The molecule has 0 spiro atoms. The normalized spacial score (nSPS) is 20.9. The minimum atomic E-state index is -0.269. The van der Waals surface area contributed by atoms with Crippen molar-refractivity contribution >= 4 is 29.4 Å². The van der Waals surface area contributed by atoms with E-state index in [0.29, 0.717) is 11.6 Å². The van der Waals surface area contributed by atoms with E-state index in [0.717, 1.165) is 10.7 Å². The van der Waals surface area contributed by atoms with Gasteiger partial charge in [-0.3, -0.25) is 9.59 Å². The summed E-state index contributed by atoms with van der Waals surface area (Å²) in [6.45, 7) is 3.69. The number of hydrogen-bond donors (Lipinski definition) is 0. The molecule has 2 heterocycles. The van der Waals surface area contributed by atoms with Gasteiger partial charge >= 0.3 is 0 Å². The first-order valence-corrected chi connectivity index (χ1v) is 6.10. The van der Waals surface area contributed by atoms with E-state index in [1.54, 1.807) is 13.0 Å². The molecule has 6 heteroatoms. The minimum absolute atomic E-state index is 0.190. The molecule has 0 aliphatic carbocycles. The lowest BCUT2D eigenvalue weighted by Crippen LogP contribution is -2.31. The fourth-order valence-electron chi connectivity index (χ4n) is 1.63. The van der Waals surface area contributed by atoms with Gasteiger partial charge in [-0.1, -0.05) is 12.1 Å². The fraction of sp³-hybridized carbons (Fsp3) is 0.500. The van der Waals surface area contributed by atoms with Crippen molar-refractivity contribution in [2.45, 2.75) is 25.5 Å². The summed E-state index contributed by atoms with van der Waals surface area (Å²) in [6, 6.07) is 1.59. The van der Waals surface area contributed by atoms with Crippen LogP contribution in [0.1, 0.15) is 19.1 Å². The highest BCUT2D eigenvalue weighted by molar-refractivity contribution is 8.00. The second-order valence-corrected chi connectivity index (χ2v) is 4.99. The molecule has 86 valence electrons. The van der Waals surface area contributed by atoms with Crippen LogP contribution in [0.2, 0.25) is 0 Å². The van der Waals surface area contributed by atoms with Crippen LogP contribution in [-0.2, 0) is 9.59 Å². The minimum Gasteiger partial charge on any atom is -0.360 e. The molecule has 1 atom stereocenters. The molecule has 0 aromatic carbocycles. The first-order chi connectivity index (χ1) is 7.63. The van der Waals surface area contributed by atoms with Gasteiger partial charge < -0.3 is 4.52 Å². The predicted octanol–water partition coefficient (Wildman–Crippen LogP) is 1.37. The molecule has 1 aromatic heterocycles. The lowest BCUT2D eigenvalue weighted by Gasteiger charge is -2.09. The molecule has 5 nitrogen and oxygen atoms in total. The molecule has 2 amide bonds. The van der Waals surface area contributed by atoms with Crippen LogP contribution in [0.15, 0.2) is 10.6 Å². The summed E-state index contributed by atoms with van der Waals surface area (Å²) in [4.78, 5) is 24.7. The van der Waals surface area contributed by atoms with Crippen LogP contribution in [0.4, 0.5) is 5.82 Å². The number of aryl methyl sites for hydroxylation is 1. The van der Waals surface area contributed by atoms with Crippen molar-refractivity contribution in [2.24, 2.45) is 0 Å². The number of carbonyl (C=O) groups is 2. The average Bonchev–Trinajstić information content (AvgIpc) is 2.74. The number of hydrogen-bond acceptors (Lipinski definition) is 5. The number of rotatable bonds is 3. The van der Waals surface area contributed by atoms with E-state index in [9.17, 15) is 9.59 Å². The standard InChI is InChI=1S/C10H12N2O3S/c1-3-16-7-5-9(13)12(10(7)14)8-4-6(2)15-11-8/h4,7H,3,5H2,1-2H3. The van der Waals surface area contributed by atoms with Gasteiger partial charge in [0.05, 0.1) is 5.25 Å². The molecule has 0 bridgehead atoms. The van der Waals surface area contributed by atoms with E-state index < -0.39 is 0 Å². The van der Waals surface area contributed by atoms with Gasteiger partial charge in [-0.25, -0.2) is 4.90 Å². The first-order valence-electron chi connectivity index (χ1n) is 5.05. The highest BCUT2D eigenvalue weighted by Gasteiger charge is 2.40. The Balaban J connectivity index is 2.22. The molecular formula is C10H12N2O3S. The summed E-state index contributed by atoms with van der Waals surface area (Å²) in [6.07, 6.45) is 0.253. The Kier molecular flexibility index (Phi) is 3.00. The summed E-state index contributed by atoms with van der Waals surface area (Å²) in [5.41, 5.74) is 0. The van der Waals surface area contributed by atoms with Crippen molar-refractivity contribution in [1.29, 1.82) is 0 Å². The van der Waals surface area contributed by atoms with Gasteiger partial charge in [-0.15, -0.1) is 11.8 Å². The molecule has 2 rings (SSSR count). The van der Waals surface area contributed by atoms with E-state index in [2.05, 4.69) is 5.16 Å². The second-order valence-electron chi connectivity index (χ2n) is 3.51. The van der Waals surface area contributed by atoms with Crippen molar-refractivity contribution in [3.63, 3.8) is 0 Å². The quantitative estimate of drug-likeness (QED) is 0.747. The Hall–Kier alpha value is -1.30. The van der Waals surface area contributed by atoms with E-state index in [4.69, 9.17) is 4.52 Å². The molecule has 0 N–H and O–H groups in total. The summed E-state index contributed by atoms with van der Waals surface area (Å²) in [5, 5.41) is 3.42. The molecule has 1 saturated heterocycles. The van der Waals surface area contributed by atoms with E-state index in [1.165, 1.54) is 11.8 Å². The summed E-state index contributed by atoms with van der Waals surface area (Å²) in [7, 11) is 0. The summed E-state index contributed by atoms with van der Waals surface area (Å²) < 4.78 is 4.87. The third-order valence-electron chi connectivity index (χ3n) is 2.32. The SMILES string of the molecule is CCSC1CC(=O)N(c2cc(C)on2)C1=O. The van der Waals surface area contributed by atoms with Gasteiger partial charge in [0, 0.05) is 12.5 Å². The van der Waals surface area contributed by atoms with Crippen molar-refractivity contribution in [2.75, 3.05) is 10.7 Å². The third-order valence-corrected chi connectivity index (χ3v) is 3.42. The van der Waals surface area contributed by atoms with Crippen LogP contribution in [0.3, 0.4) is 0 Å². The number of imide groups is 1. The van der Waals surface area contributed by atoms with E-state index in [-0.39, 0.29) is 23.5 Å². The number of amides is 2. The Labute approximate surface area is 97.2 Å². The molecule has 1 aromatic rings. The zero-order valence-corrected chi connectivity index (χ0v) is 9.91. The molecule has 16 heavy (non-hydrogen) atoms. The Morgan fingerprint density at radius 2 is 2.38 bits per heavy atom. The number of nitrogens with zero attached hydrogens (tertiary/aromatic N) is 2. The maximum atomic E-state index is 11.9. The smallest absolute Gasteiger partial charge is 0.248 e. The molecule has 1 fully saturated rings. The van der Waals surface area contributed by atoms with Gasteiger partial charge in [-0.2, -0.15) is 0 Å². The molecule has 0 radical (unpaired) electrons. The van der Waals surface area contributed by atoms with Crippen molar-refractivity contribution in [3.8, 4) is 0 Å². The lowest BCUT2D eigenvalue weighted by molar-refractivity contribution is -0.121. The van der Waals surface area contributed by atoms with Crippen molar-refractivity contribution in [1.82, 2.24) is 5.16 Å². The van der Waals surface area contributed by atoms with Gasteiger partial charge in [0.1, 0.15) is 5.76 Å². The van der Waals surface area contributed by atoms with Crippen molar-refractivity contribution < 1.29 is 14.1 Å². The largest absolute Gasteiger partial charge is 0.360 e. The highest BCUT2D eigenvalue weighted by Crippen LogP contribution is 2.28. The third kappa shape index (κ3) is 1.84. The highest BCUT2D eigenvalue weighted by atomic mass is 32.2. The molecular weight excluding hydrogens is 228 g/mol. The lowest BCUT2D eigenvalue weighted by atomic mass is 10.4. The fourth-order valence-corrected chi connectivity index (χ4v) is 2.55. The maximum Gasteiger partial charge on any atom is 0.248 e. The number of carbonyl (C=O) groups excluding carboxylic acids is 2. The monoisotopic (exact) mass is 240 g/mol. The first kappa shape index (κ1) is 11.2. The van der Waals surface area contributed by atoms with Crippen LogP contribution >= 0.6 is 11.8 Å². The van der Waals surface area contributed by atoms with Crippen LogP contribution in [0, 0.1) is 6.92 Å². The summed E-state index contributed by atoms with van der Waals surface area (Å²) in [5.74, 6) is 1.30. The number of aromatic nitrogens is 1. The van der Waals surface area contributed by atoms with Gasteiger partial charge in [0.25, 0.3) is 0 Å². The molecule has 1 aliphatic heterocycles. The second kappa shape index (κ2) is 4.29. The Bertz CT molecular complexity index is 429. The maximum absolute atomic E-state index is 11.9. The molecule has 0 saturated carbocycles.